The van der Waals surface area contributed by atoms with Crippen LogP contribution in [0.25, 0.3) is 0 Å². The number of benzene rings is 2. The molecule has 2 aromatic rings. The molecule has 174 valence electrons. The van der Waals surface area contributed by atoms with Gasteiger partial charge in [-0.2, -0.15) is 0 Å². The molecule has 1 N–H and O–H groups in total. The van der Waals surface area contributed by atoms with Crippen molar-refractivity contribution in [3.63, 3.8) is 0 Å². The maximum Gasteiger partial charge on any atom is 0.261 e. The van der Waals surface area contributed by atoms with Crippen LogP contribution >= 0.6 is 23.2 Å². The number of imide groups is 1. The molecular formula is C24H25Cl2N3O4. The van der Waals surface area contributed by atoms with Crippen LogP contribution in [-0.4, -0.2) is 53.1 Å². The van der Waals surface area contributed by atoms with Gasteiger partial charge in [0.25, 0.3) is 11.8 Å². The first kappa shape index (κ1) is 24.7. The van der Waals surface area contributed by atoms with Crippen molar-refractivity contribution in [2.24, 2.45) is 0 Å². The van der Waals surface area contributed by atoms with Crippen molar-refractivity contribution in [3.05, 3.63) is 69.2 Å². The predicted octanol–water partition coefficient (Wildman–Crippen LogP) is 3.92. The van der Waals surface area contributed by atoms with E-state index >= 15 is 0 Å². The van der Waals surface area contributed by atoms with Crippen LogP contribution in [0.4, 0.5) is 0 Å². The second-order valence-electron chi connectivity index (χ2n) is 7.72. The summed E-state index contributed by atoms with van der Waals surface area (Å²) in [4.78, 5) is 53.4. The van der Waals surface area contributed by atoms with E-state index in [4.69, 9.17) is 23.2 Å². The minimum Gasteiger partial charge on any atom is -0.357 e. The van der Waals surface area contributed by atoms with Crippen LogP contribution in [0, 0.1) is 0 Å². The molecule has 0 spiro atoms. The Bertz CT molecular complexity index is 1050. The van der Waals surface area contributed by atoms with Gasteiger partial charge >= 0.3 is 0 Å². The summed E-state index contributed by atoms with van der Waals surface area (Å²) in [6.07, 6.45) is 0.777. The Hall–Kier alpha value is -2.90. The van der Waals surface area contributed by atoms with Crippen LogP contribution in [-0.2, 0) is 16.1 Å². The Labute approximate surface area is 202 Å². The van der Waals surface area contributed by atoms with E-state index in [2.05, 4.69) is 5.32 Å². The number of halogens is 2. The van der Waals surface area contributed by atoms with Crippen molar-refractivity contribution < 1.29 is 19.2 Å². The maximum absolute atomic E-state index is 13.2. The lowest BCUT2D eigenvalue weighted by molar-refractivity contribution is -0.141. The summed E-state index contributed by atoms with van der Waals surface area (Å²) in [5.74, 6) is -1.24. The molecular weight excluding hydrogens is 465 g/mol. The highest BCUT2D eigenvalue weighted by Crippen LogP contribution is 2.25. The van der Waals surface area contributed by atoms with Gasteiger partial charge < -0.3 is 10.2 Å². The zero-order valence-corrected chi connectivity index (χ0v) is 19.9. The van der Waals surface area contributed by atoms with Crippen molar-refractivity contribution in [2.75, 3.05) is 13.6 Å². The minimum absolute atomic E-state index is 0.0716. The van der Waals surface area contributed by atoms with Crippen LogP contribution in [0.2, 0.25) is 10.0 Å². The maximum atomic E-state index is 13.2. The molecule has 0 aromatic heterocycles. The second kappa shape index (κ2) is 10.8. The van der Waals surface area contributed by atoms with Crippen LogP contribution in [0.15, 0.2) is 42.5 Å². The summed E-state index contributed by atoms with van der Waals surface area (Å²) in [5.41, 5.74) is 1.49. The van der Waals surface area contributed by atoms with E-state index < -0.39 is 6.04 Å². The molecule has 3 rings (SSSR count). The number of hydrogen-bond acceptors (Lipinski definition) is 4. The molecule has 2 aromatic carbocycles. The summed E-state index contributed by atoms with van der Waals surface area (Å²) < 4.78 is 0. The van der Waals surface area contributed by atoms with Crippen LogP contribution in [0.3, 0.4) is 0 Å². The standard InChI is InChI=1S/C24H25Cl2N3O4/c1-3-20(22(31)27-2)29(14-15-10-11-18(25)19(26)13-15)21(30)9-6-12-28-23(32)16-7-4-5-8-17(16)24(28)33/h4-5,7-8,10-11,13,20H,3,6,9,12,14H2,1-2H3,(H,27,31). The molecule has 0 fully saturated rings. The number of rotatable bonds is 9. The van der Waals surface area contributed by atoms with Crippen LogP contribution in [0.1, 0.15) is 52.5 Å². The Balaban J connectivity index is 1.70. The fourth-order valence-corrected chi connectivity index (χ4v) is 4.22. The molecule has 0 aliphatic carbocycles. The Morgan fingerprint density at radius 3 is 2.21 bits per heavy atom. The largest absolute Gasteiger partial charge is 0.357 e. The Kier molecular flexibility index (Phi) is 8.10. The van der Waals surface area contributed by atoms with Crippen molar-refractivity contribution >= 4 is 46.8 Å². The minimum atomic E-state index is -0.670. The lowest BCUT2D eigenvalue weighted by Crippen LogP contribution is -2.48. The molecule has 1 aliphatic rings. The topological polar surface area (TPSA) is 86.8 Å². The van der Waals surface area contributed by atoms with Gasteiger partial charge in [0.1, 0.15) is 6.04 Å². The fourth-order valence-electron chi connectivity index (χ4n) is 3.90. The summed E-state index contributed by atoms with van der Waals surface area (Å²) in [6, 6.07) is 11.1. The van der Waals surface area contributed by atoms with E-state index in [1.807, 2.05) is 6.92 Å². The number of hydrogen-bond donors (Lipinski definition) is 1. The van der Waals surface area contributed by atoms with Gasteiger partial charge in [-0.05, 0) is 42.7 Å². The molecule has 1 heterocycles. The van der Waals surface area contributed by atoms with E-state index in [0.717, 1.165) is 10.5 Å². The smallest absolute Gasteiger partial charge is 0.261 e. The number of carbonyl (C=O) groups excluding carboxylic acids is 4. The molecule has 0 bridgehead atoms. The molecule has 0 saturated carbocycles. The average Bonchev–Trinajstić information content (AvgIpc) is 3.05. The molecule has 1 atom stereocenters. The lowest BCUT2D eigenvalue weighted by Gasteiger charge is -2.30. The first-order valence-electron chi connectivity index (χ1n) is 10.7. The van der Waals surface area contributed by atoms with Crippen molar-refractivity contribution in [2.45, 2.75) is 38.8 Å². The van der Waals surface area contributed by atoms with Gasteiger partial charge in [-0.3, -0.25) is 24.1 Å². The molecule has 1 unspecified atom stereocenters. The number of fused-ring (bicyclic) bond motifs is 1. The quantitative estimate of drug-likeness (QED) is 0.540. The molecule has 7 nitrogen and oxygen atoms in total. The SMILES string of the molecule is CCC(C(=O)NC)N(Cc1ccc(Cl)c(Cl)c1)C(=O)CCCN1C(=O)c2ccccc2C1=O. The van der Waals surface area contributed by atoms with Gasteiger partial charge in [0.05, 0.1) is 21.2 Å². The molecule has 4 amide bonds. The highest BCUT2D eigenvalue weighted by Gasteiger charge is 2.35. The molecule has 33 heavy (non-hydrogen) atoms. The first-order chi connectivity index (χ1) is 15.8. The Morgan fingerprint density at radius 2 is 1.67 bits per heavy atom. The third-order valence-electron chi connectivity index (χ3n) is 5.62. The monoisotopic (exact) mass is 489 g/mol. The van der Waals surface area contributed by atoms with E-state index in [1.165, 1.54) is 11.9 Å². The zero-order chi connectivity index (χ0) is 24.1. The van der Waals surface area contributed by atoms with Gasteiger partial charge in [0.15, 0.2) is 0 Å². The predicted molar refractivity (Wildman–Crippen MR) is 126 cm³/mol. The summed E-state index contributed by atoms with van der Waals surface area (Å²) in [6.45, 7) is 2.12. The summed E-state index contributed by atoms with van der Waals surface area (Å²) in [5, 5.41) is 3.36. The van der Waals surface area contributed by atoms with Crippen LogP contribution < -0.4 is 5.32 Å². The number of carbonyl (C=O) groups is 4. The van der Waals surface area contributed by atoms with E-state index in [9.17, 15) is 19.2 Å². The molecule has 9 heteroatoms. The highest BCUT2D eigenvalue weighted by atomic mass is 35.5. The molecule has 0 radical (unpaired) electrons. The lowest BCUT2D eigenvalue weighted by atomic mass is 10.1. The molecule has 1 aliphatic heterocycles. The number of nitrogens with one attached hydrogen (secondary N) is 1. The van der Waals surface area contributed by atoms with E-state index in [-0.39, 0.29) is 49.6 Å². The number of likely N-dealkylation sites (N-methyl/N-ethyl adjacent to an activating group) is 1. The fraction of sp³-hybridized carbons (Fsp3) is 0.333. The van der Waals surface area contributed by atoms with Gasteiger partial charge in [-0.25, -0.2) is 0 Å². The average molecular weight is 490 g/mol. The van der Waals surface area contributed by atoms with E-state index in [1.54, 1.807) is 42.5 Å². The summed E-state index contributed by atoms with van der Waals surface area (Å²) >= 11 is 12.1. The highest BCUT2D eigenvalue weighted by molar-refractivity contribution is 6.42. The van der Waals surface area contributed by atoms with E-state index in [0.29, 0.717) is 27.6 Å². The van der Waals surface area contributed by atoms with Gasteiger partial charge in [-0.15, -0.1) is 0 Å². The normalized spacial score (nSPS) is 13.6. The van der Waals surface area contributed by atoms with Crippen molar-refractivity contribution in [1.29, 1.82) is 0 Å². The second-order valence-corrected chi connectivity index (χ2v) is 8.53. The third-order valence-corrected chi connectivity index (χ3v) is 6.36. The van der Waals surface area contributed by atoms with Gasteiger partial charge in [0.2, 0.25) is 11.8 Å². The first-order valence-corrected chi connectivity index (χ1v) is 11.4. The van der Waals surface area contributed by atoms with Crippen molar-refractivity contribution in [1.82, 2.24) is 15.1 Å². The summed E-state index contributed by atoms with van der Waals surface area (Å²) in [7, 11) is 1.52. The zero-order valence-electron chi connectivity index (χ0n) is 18.4. The van der Waals surface area contributed by atoms with Crippen molar-refractivity contribution in [3.8, 4) is 0 Å². The third kappa shape index (κ3) is 5.37. The molecule has 0 saturated heterocycles. The number of nitrogens with zero attached hydrogens (tertiary/aromatic N) is 2. The Morgan fingerprint density at radius 1 is 1.03 bits per heavy atom. The van der Waals surface area contributed by atoms with Gasteiger partial charge in [-0.1, -0.05) is 48.3 Å². The van der Waals surface area contributed by atoms with Crippen LogP contribution in [0.5, 0.6) is 0 Å². The van der Waals surface area contributed by atoms with Gasteiger partial charge in [0, 0.05) is 26.6 Å². The number of amides is 4.